The third-order valence-electron chi connectivity index (χ3n) is 3.27. The SMILES string of the molecule is CN(CC(=O)NC(C)(C)C)CC(=O)N(C)CCOc1ccc(Br)cc1. The Morgan fingerprint density at radius 1 is 1.12 bits per heavy atom. The fourth-order valence-electron chi connectivity index (χ4n) is 2.07. The van der Waals surface area contributed by atoms with Crippen molar-refractivity contribution in [1.29, 1.82) is 0 Å². The lowest BCUT2D eigenvalue weighted by Crippen LogP contribution is -2.47. The van der Waals surface area contributed by atoms with Crippen molar-refractivity contribution in [1.82, 2.24) is 15.1 Å². The third kappa shape index (κ3) is 9.45. The summed E-state index contributed by atoms with van der Waals surface area (Å²) in [7, 11) is 3.49. The molecule has 0 aliphatic heterocycles. The molecule has 1 rings (SSSR count). The van der Waals surface area contributed by atoms with E-state index in [2.05, 4.69) is 21.2 Å². The van der Waals surface area contributed by atoms with Crippen LogP contribution in [0.5, 0.6) is 5.75 Å². The summed E-state index contributed by atoms with van der Waals surface area (Å²) in [5.41, 5.74) is -0.275. The smallest absolute Gasteiger partial charge is 0.236 e. The topological polar surface area (TPSA) is 61.9 Å². The molecule has 0 aliphatic carbocycles. The van der Waals surface area contributed by atoms with E-state index in [1.165, 1.54) is 0 Å². The lowest BCUT2D eigenvalue weighted by atomic mass is 10.1. The van der Waals surface area contributed by atoms with Crippen LogP contribution >= 0.6 is 15.9 Å². The van der Waals surface area contributed by atoms with Crippen molar-refractivity contribution in [3.63, 3.8) is 0 Å². The lowest BCUT2D eigenvalue weighted by molar-refractivity contribution is -0.132. The normalized spacial score (nSPS) is 11.3. The van der Waals surface area contributed by atoms with Crippen LogP contribution in [0.4, 0.5) is 0 Å². The molecule has 0 aliphatic rings. The van der Waals surface area contributed by atoms with Crippen molar-refractivity contribution in [3.8, 4) is 5.75 Å². The molecule has 0 aromatic heterocycles. The zero-order valence-electron chi connectivity index (χ0n) is 15.6. The molecule has 0 saturated heterocycles. The second kappa shape index (κ2) is 9.77. The molecule has 0 unspecified atom stereocenters. The van der Waals surface area contributed by atoms with Crippen molar-refractivity contribution in [2.75, 3.05) is 40.3 Å². The van der Waals surface area contributed by atoms with Crippen LogP contribution in [0.25, 0.3) is 0 Å². The van der Waals surface area contributed by atoms with Gasteiger partial charge in [0.05, 0.1) is 19.6 Å². The van der Waals surface area contributed by atoms with Crippen molar-refractivity contribution < 1.29 is 14.3 Å². The van der Waals surface area contributed by atoms with Crippen LogP contribution in [0.1, 0.15) is 20.8 Å². The van der Waals surface area contributed by atoms with Crippen LogP contribution in [0.15, 0.2) is 28.7 Å². The molecule has 0 radical (unpaired) electrons. The quantitative estimate of drug-likeness (QED) is 0.708. The largest absolute Gasteiger partial charge is 0.492 e. The fourth-order valence-corrected chi connectivity index (χ4v) is 2.33. The highest BCUT2D eigenvalue weighted by Crippen LogP contribution is 2.15. The van der Waals surface area contributed by atoms with E-state index < -0.39 is 0 Å². The van der Waals surface area contributed by atoms with Gasteiger partial charge >= 0.3 is 0 Å². The summed E-state index contributed by atoms with van der Waals surface area (Å²) in [6.45, 7) is 7.05. The summed E-state index contributed by atoms with van der Waals surface area (Å²) in [6.07, 6.45) is 0. The number of ether oxygens (including phenoxy) is 1. The number of benzene rings is 1. The first-order chi connectivity index (χ1) is 11.6. The van der Waals surface area contributed by atoms with E-state index in [1.807, 2.05) is 45.0 Å². The van der Waals surface area contributed by atoms with Gasteiger partial charge in [-0.25, -0.2) is 0 Å². The zero-order chi connectivity index (χ0) is 19.0. The van der Waals surface area contributed by atoms with E-state index in [-0.39, 0.29) is 30.4 Å². The van der Waals surface area contributed by atoms with Gasteiger partial charge in [0.2, 0.25) is 11.8 Å². The summed E-state index contributed by atoms with van der Waals surface area (Å²) in [4.78, 5) is 27.4. The monoisotopic (exact) mass is 413 g/mol. The number of hydrogen-bond acceptors (Lipinski definition) is 4. The minimum Gasteiger partial charge on any atom is -0.492 e. The molecule has 25 heavy (non-hydrogen) atoms. The van der Waals surface area contributed by atoms with Crippen LogP contribution < -0.4 is 10.1 Å². The van der Waals surface area contributed by atoms with Gasteiger partial charge in [-0.2, -0.15) is 0 Å². The number of carbonyl (C=O) groups excluding carboxylic acids is 2. The summed E-state index contributed by atoms with van der Waals surface area (Å²) >= 11 is 3.37. The van der Waals surface area contributed by atoms with Crippen LogP contribution in [-0.4, -0.2) is 67.5 Å². The Hall–Kier alpha value is -1.60. The Balaban J connectivity index is 2.30. The molecule has 0 atom stereocenters. The zero-order valence-corrected chi connectivity index (χ0v) is 17.2. The first-order valence-corrected chi connectivity index (χ1v) is 8.98. The maximum atomic E-state index is 12.2. The highest BCUT2D eigenvalue weighted by Gasteiger charge is 2.17. The Morgan fingerprint density at radius 3 is 2.28 bits per heavy atom. The van der Waals surface area contributed by atoms with Crippen LogP contribution in [0.3, 0.4) is 0 Å². The number of hydrogen-bond donors (Lipinski definition) is 1. The Labute approximate surface area is 158 Å². The molecule has 0 bridgehead atoms. The van der Waals surface area contributed by atoms with Crippen LogP contribution in [0, 0.1) is 0 Å². The number of halogens is 1. The molecule has 1 aromatic carbocycles. The maximum Gasteiger partial charge on any atom is 0.236 e. The Morgan fingerprint density at radius 2 is 1.72 bits per heavy atom. The minimum atomic E-state index is -0.275. The molecule has 140 valence electrons. The molecule has 6 nitrogen and oxygen atoms in total. The molecule has 1 N–H and O–H groups in total. The van der Waals surface area contributed by atoms with Crippen molar-refractivity contribution in [2.45, 2.75) is 26.3 Å². The van der Waals surface area contributed by atoms with Gasteiger partial charge in [-0.15, -0.1) is 0 Å². The first kappa shape index (κ1) is 21.4. The number of rotatable bonds is 8. The molecule has 2 amide bonds. The van der Waals surface area contributed by atoms with Gasteiger partial charge in [0.25, 0.3) is 0 Å². The van der Waals surface area contributed by atoms with Gasteiger partial charge in [0.15, 0.2) is 0 Å². The average Bonchev–Trinajstić information content (AvgIpc) is 2.46. The second-order valence-corrected chi connectivity index (χ2v) is 8.00. The van der Waals surface area contributed by atoms with Crippen molar-refractivity contribution >= 4 is 27.7 Å². The summed E-state index contributed by atoms with van der Waals surface area (Å²) in [6, 6.07) is 7.55. The molecule has 0 saturated carbocycles. The molecular weight excluding hydrogens is 386 g/mol. The van der Waals surface area contributed by atoms with Gasteiger partial charge in [-0.1, -0.05) is 15.9 Å². The highest BCUT2D eigenvalue weighted by molar-refractivity contribution is 9.10. The van der Waals surface area contributed by atoms with Gasteiger partial charge < -0.3 is 15.0 Å². The van der Waals surface area contributed by atoms with Gasteiger partial charge in [0.1, 0.15) is 12.4 Å². The second-order valence-electron chi connectivity index (χ2n) is 7.09. The molecule has 1 aromatic rings. The Kier molecular flexibility index (Phi) is 8.38. The molecule has 0 heterocycles. The van der Waals surface area contributed by atoms with Gasteiger partial charge in [-0.3, -0.25) is 14.5 Å². The number of nitrogens with one attached hydrogen (secondary N) is 1. The lowest BCUT2D eigenvalue weighted by Gasteiger charge is -2.24. The highest BCUT2D eigenvalue weighted by atomic mass is 79.9. The number of carbonyl (C=O) groups is 2. The molecule has 7 heteroatoms. The van der Waals surface area contributed by atoms with Gasteiger partial charge in [-0.05, 0) is 52.1 Å². The van der Waals surface area contributed by atoms with E-state index in [1.54, 1.807) is 23.9 Å². The summed E-state index contributed by atoms with van der Waals surface area (Å²) in [5, 5.41) is 2.88. The van der Waals surface area contributed by atoms with E-state index in [0.717, 1.165) is 10.2 Å². The van der Waals surface area contributed by atoms with Crippen molar-refractivity contribution in [2.24, 2.45) is 0 Å². The third-order valence-corrected chi connectivity index (χ3v) is 3.80. The first-order valence-electron chi connectivity index (χ1n) is 8.19. The van der Waals surface area contributed by atoms with E-state index in [9.17, 15) is 9.59 Å². The summed E-state index contributed by atoms with van der Waals surface area (Å²) in [5.74, 6) is 0.620. The molecular formula is C18H28BrN3O3. The maximum absolute atomic E-state index is 12.2. The van der Waals surface area contributed by atoms with Crippen LogP contribution in [-0.2, 0) is 9.59 Å². The van der Waals surface area contributed by atoms with Gasteiger partial charge in [0, 0.05) is 17.1 Å². The molecule has 0 fully saturated rings. The van der Waals surface area contributed by atoms with E-state index in [4.69, 9.17) is 4.74 Å². The Bertz CT molecular complexity index is 570. The van der Waals surface area contributed by atoms with Crippen molar-refractivity contribution in [3.05, 3.63) is 28.7 Å². The van der Waals surface area contributed by atoms with E-state index >= 15 is 0 Å². The standard InChI is InChI=1S/C18H28BrN3O3/c1-18(2,3)20-16(23)12-21(4)13-17(24)22(5)10-11-25-15-8-6-14(19)7-9-15/h6-9H,10-13H2,1-5H3,(H,20,23). The number of amides is 2. The minimum absolute atomic E-state index is 0.0505. The average molecular weight is 414 g/mol. The number of likely N-dealkylation sites (N-methyl/N-ethyl adjacent to an activating group) is 2. The predicted molar refractivity (Wildman–Crippen MR) is 103 cm³/mol. The fraction of sp³-hybridized carbons (Fsp3) is 0.556. The number of nitrogens with zero attached hydrogens (tertiary/aromatic N) is 2. The van der Waals surface area contributed by atoms with E-state index in [0.29, 0.717) is 13.2 Å². The summed E-state index contributed by atoms with van der Waals surface area (Å²) < 4.78 is 6.61. The predicted octanol–water partition coefficient (Wildman–Crippen LogP) is 2.13. The molecule has 0 spiro atoms. The van der Waals surface area contributed by atoms with Crippen LogP contribution in [0.2, 0.25) is 0 Å².